The molecule has 3 nitrogen and oxygen atoms in total. The van der Waals surface area contributed by atoms with E-state index in [9.17, 15) is 4.79 Å². The summed E-state index contributed by atoms with van der Waals surface area (Å²) in [6.07, 6.45) is 4.22. The summed E-state index contributed by atoms with van der Waals surface area (Å²) in [7, 11) is 0. The molecule has 0 saturated carbocycles. The summed E-state index contributed by atoms with van der Waals surface area (Å²) >= 11 is 0. The molecule has 0 saturated heterocycles. The average Bonchev–Trinajstić information content (AvgIpc) is 1.98. The van der Waals surface area contributed by atoms with E-state index in [1.807, 2.05) is 0 Å². The highest BCUT2D eigenvalue weighted by molar-refractivity contribution is 5.72. The van der Waals surface area contributed by atoms with Crippen molar-refractivity contribution in [3.05, 3.63) is 0 Å². The van der Waals surface area contributed by atoms with Gasteiger partial charge in [-0.15, -0.1) is 0 Å². The molecule has 0 fully saturated rings. The molecule has 72 valence electrons. The van der Waals surface area contributed by atoms with E-state index in [4.69, 9.17) is 5.73 Å². The molecule has 12 heavy (non-hydrogen) atoms. The summed E-state index contributed by atoms with van der Waals surface area (Å²) in [5, 5.41) is 2.75. The van der Waals surface area contributed by atoms with Crippen LogP contribution in [-0.2, 0) is 4.79 Å². The minimum atomic E-state index is 0.0408. The molecule has 1 unspecified atom stereocenters. The molecule has 1 atom stereocenters. The third kappa shape index (κ3) is 7.54. The number of hydrogen-bond acceptors (Lipinski definition) is 2. The first kappa shape index (κ1) is 11.4. The fourth-order valence-corrected chi connectivity index (χ4v) is 1.14. The Labute approximate surface area is 74.7 Å². The van der Waals surface area contributed by atoms with Gasteiger partial charge in [-0.2, -0.15) is 0 Å². The van der Waals surface area contributed by atoms with Gasteiger partial charge in [-0.05, 0) is 19.3 Å². The molecule has 0 aromatic heterocycles. The smallest absolute Gasteiger partial charge is 0.216 e. The molecule has 0 aliphatic rings. The molecule has 0 heterocycles. The van der Waals surface area contributed by atoms with Crippen molar-refractivity contribution < 1.29 is 4.79 Å². The minimum Gasteiger partial charge on any atom is -0.356 e. The Kier molecular flexibility index (Phi) is 6.76. The quantitative estimate of drug-likeness (QED) is 0.588. The molecule has 0 spiro atoms. The second-order valence-corrected chi connectivity index (χ2v) is 3.17. The van der Waals surface area contributed by atoms with E-state index in [2.05, 4.69) is 12.2 Å². The van der Waals surface area contributed by atoms with E-state index in [0.29, 0.717) is 6.04 Å². The molecule has 0 aliphatic carbocycles. The van der Waals surface area contributed by atoms with Gasteiger partial charge in [0, 0.05) is 19.5 Å². The summed E-state index contributed by atoms with van der Waals surface area (Å²) in [6.45, 7) is 4.42. The Morgan fingerprint density at radius 1 is 1.50 bits per heavy atom. The van der Waals surface area contributed by atoms with Crippen LogP contribution < -0.4 is 11.1 Å². The molecule has 0 bridgehead atoms. The Balaban J connectivity index is 3.13. The summed E-state index contributed by atoms with van der Waals surface area (Å²) in [5.41, 5.74) is 5.79. The summed E-state index contributed by atoms with van der Waals surface area (Å²) in [5.74, 6) is 0.0408. The SMILES string of the molecule is CCCC(N)CCCNC(C)=O. The molecule has 3 heteroatoms. The third-order valence-electron chi connectivity index (χ3n) is 1.79. The maximum absolute atomic E-state index is 10.5. The number of amides is 1. The van der Waals surface area contributed by atoms with Crippen LogP contribution in [0.5, 0.6) is 0 Å². The zero-order chi connectivity index (χ0) is 9.40. The first-order chi connectivity index (χ1) is 5.66. The molecule has 3 N–H and O–H groups in total. The highest BCUT2D eigenvalue weighted by Gasteiger charge is 1.99. The number of carbonyl (C=O) groups is 1. The van der Waals surface area contributed by atoms with Crippen molar-refractivity contribution in [1.29, 1.82) is 0 Å². The van der Waals surface area contributed by atoms with Gasteiger partial charge in [-0.1, -0.05) is 13.3 Å². The van der Waals surface area contributed by atoms with Crippen LogP contribution in [0.3, 0.4) is 0 Å². The second kappa shape index (κ2) is 7.10. The van der Waals surface area contributed by atoms with E-state index >= 15 is 0 Å². The van der Waals surface area contributed by atoms with Gasteiger partial charge in [0.1, 0.15) is 0 Å². The van der Waals surface area contributed by atoms with Gasteiger partial charge >= 0.3 is 0 Å². The molecule has 0 radical (unpaired) electrons. The normalized spacial score (nSPS) is 12.6. The lowest BCUT2D eigenvalue weighted by Gasteiger charge is -2.09. The van der Waals surface area contributed by atoms with E-state index in [1.165, 1.54) is 6.92 Å². The van der Waals surface area contributed by atoms with Crippen LogP contribution in [0, 0.1) is 0 Å². The number of carbonyl (C=O) groups excluding carboxylic acids is 1. The highest BCUT2D eigenvalue weighted by atomic mass is 16.1. The lowest BCUT2D eigenvalue weighted by Crippen LogP contribution is -2.24. The predicted octanol–water partition coefficient (Wildman–Crippen LogP) is 1.03. The zero-order valence-corrected chi connectivity index (χ0v) is 8.10. The minimum absolute atomic E-state index is 0.0408. The van der Waals surface area contributed by atoms with Crippen molar-refractivity contribution in [3.8, 4) is 0 Å². The largest absolute Gasteiger partial charge is 0.356 e. The lowest BCUT2D eigenvalue weighted by atomic mass is 10.1. The first-order valence-electron chi connectivity index (χ1n) is 4.66. The zero-order valence-electron chi connectivity index (χ0n) is 8.10. The van der Waals surface area contributed by atoms with Gasteiger partial charge in [-0.3, -0.25) is 4.79 Å². The molecule has 0 aliphatic heterocycles. The molecular weight excluding hydrogens is 152 g/mol. The van der Waals surface area contributed by atoms with Gasteiger partial charge in [0.15, 0.2) is 0 Å². The standard InChI is InChI=1S/C9H20N2O/c1-3-5-9(10)6-4-7-11-8(2)12/h9H,3-7,10H2,1-2H3,(H,11,12). The van der Waals surface area contributed by atoms with Crippen LogP contribution in [0.4, 0.5) is 0 Å². The monoisotopic (exact) mass is 172 g/mol. The average molecular weight is 172 g/mol. The Bertz CT molecular complexity index is 126. The fourth-order valence-electron chi connectivity index (χ4n) is 1.14. The van der Waals surface area contributed by atoms with Crippen molar-refractivity contribution in [1.82, 2.24) is 5.32 Å². The van der Waals surface area contributed by atoms with Crippen LogP contribution in [0.1, 0.15) is 39.5 Å². The Morgan fingerprint density at radius 3 is 2.67 bits per heavy atom. The van der Waals surface area contributed by atoms with Crippen molar-refractivity contribution in [2.45, 2.75) is 45.6 Å². The summed E-state index contributed by atoms with van der Waals surface area (Å²) in [6, 6.07) is 0.309. The van der Waals surface area contributed by atoms with Crippen molar-refractivity contribution in [2.24, 2.45) is 5.73 Å². The van der Waals surface area contributed by atoms with Crippen LogP contribution in [0.15, 0.2) is 0 Å². The molecule has 0 aromatic carbocycles. The maximum atomic E-state index is 10.5. The number of nitrogens with two attached hydrogens (primary N) is 1. The number of nitrogens with one attached hydrogen (secondary N) is 1. The third-order valence-corrected chi connectivity index (χ3v) is 1.79. The number of hydrogen-bond donors (Lipinski definition) is 2. The lowest BCUT2D eigenvalue weighted by molar-refractivity contribution is -0.118. The molecule has 0 aromatic rings. The van der Waals surface area contributed by atoms with Crippen LogP contribution in [0.2, 0.25) is 0 Å². The fraction of sp³-hybridized carbons (Fsp3) is 0.889. The van der Waals surface area contributed by atoms with Gasteiger partial charge in [0.25, 0.3) is 0 Å². The van der Waals surface area contributed by atoms with Crippen molar-refractivity contribution in [3.63, 3.8) is 0 Å². The van der Waals surface area contributed by atoms with Gasteiger partial charge in [0.05, 0.1) is 0 Å². The molecule has 0 rings (SSSR count). The maximum Gasteiger partial charge on any atom is 0.216 e. The predicted molar refractivity (Wildman–Crippen MR) is 50.8 cm³/mol. The van der Waals surface area contributed by atoms with Crippen molar-refractivity contribution in [2.75, 3.05) is 6.54 Å². The second-order valence-electron chi connectivity index (χ2n) is 3.17. The molecular formula is C9H20N2O. The van der Waals surface area contributed by atoms with E-state index in [0.717, 1.165) is 32.2 Å². The Hall–Kier alpha value is -0.570. The van der Waals surface area contributed by atoms with Gasteiger partial charge < -0.3 is 11.1 Å². The highest BCUT2D eigenvalue weighted by Crippen LogP contribution is 2.00. The van der Waals surface area contributed by atoms with Gasteiger partial charge in [-0.25, -0.2) is 0 Å². The summed E-state index contributed by atoms with van der Waals surface area (Å²) < 4.78 is 0. The van der Waals surface area contributed by atoms with Crippen LogP contribution >= 0.6 is 0 Å². The topological polar surface area (TPSA) is 55.1 Å². The van der Waals surface area contributed by atoms with E-state index in [1.54, 1.807) is 0 Å². The van der Waals surface area contributed by atoms with Crippen molar-refractivity contribution >= 4 is 5.91 Å². The summed E-state index contributed by atoms with van der Waals surface area (Å²) in [4.78, 5) is 10.5. The van der Waals surface area contributed by atoms with E-state index < -0.39 is 0 Å². The van der Waals surface area contributed by atoms with E-state index in [-0.39, 0.29) is 5.91 Å². The number of rotatable bonds is 6. The first-order valence-corrected chi connectivity index (χ1v) is 4.66. The van der Waals surface area contributed by atoms with Crippen LogP contribution in [-0.4, -0.2) is 18.5 Å². The van der Waals surface area contributed by atoms with Crippen LogP contribution in [0.25, 0.3) is 0 Å². The Morgan fingerprint density at radius 2 is 2.17 bits per heavy atom. The molecule has 1 amide bonds. The van der Waals surface area contributed by atoms with Gasteiger partial charge in [0.2, 0.25) is 5.91 Å².